The molecule has 3 rings (SSSR count). The summed E-state index contributed by atoms with van der Waals surface area (Å²) in [6, 6.07) is 14.2. The van der Waals surface area contributed by atoms with Gasteiger partial charge >= 0.3 is 0 Å². The number of carbonyl (C=O) groups excluding carboxylic acids is 2. The van der Waals surface area contributed by atoms with Crippen LogP contribution in [0.4, 0.5) is 11.4 Å². The van der Waals surface area contributed by atoms with Gasteiger partial charge in [0.2, 0.25) is 5.91 Å². The molecule has 1 saturated heterocycles. The molecule has 0 aliphatic carbocycles. The van der Waals surface area contributed by atoms with Crippen molar-refractivity contribution < 1.29 is 14.3 Å². The molecule has 23 heavy (non-hydrogen) atoms. The molecule has 5 nitrogen and oxygen atoms in total. The van der Waals surface area contributed by atoms with Crippen molar-refractivity contribution in [2.75, 3.05) is 17.3 Å². The number of benzene rings is 2. The quantitative estimate of drug-likeness (QED) is 0.882. The van der Waals surface area contributed by atoms with Crippen molar-refractivity contribution in [1.82, 2.24) is 0 Å². The molecule has 2 aromatic carbocycles. The van der Waals surface area contributed by atoms with Gasteiger partial charge in [0.05, 0.1) is 19.2 Å². The number of rotatable bonds is 4. The van der Waals surface area contributed by atoms with E-state index in [9.17, 15) is 9.59 Å². The van der Waals surface area contributed by atoms with E-state index < -0.39 is 6.04 Å². The minimum absolute atomic E-state index is 0.130. The molecule has 2 aromatic rings. The minimum Gasteiger partial charge on any atom is -0.495 e. The SMILES string of the molecule is COc1ccccc1N1C(=O)C[C@H](Nc2ccc(C)cc2)C1=O. The molecule has 0 spiro atoms. The zero-order chi connectivity index (χ0) is 16.4. The molecule has 1 N–H and O–H groups in total. The molecular formula is C18H18N2O3. The summed E-state index contributed by atoms with van der Waals surface area (Å²) in [7, 11) is 1.52. The lowest BCUT2D eigenvalue weighted by Gasteiger charge is -2.18. The summed E-state index contributed by atoms with van der Waals surface area (Å²) in [4.78, 5) is 26.2. The maximum absolute atomic E-state index is 12.6. The van der Waals surface area contributed by atoms with E-state index >= 15 is 0 Å². The number of nitrogens with one attached hydrogen (secondary N) is 1. The van der Waals surface area contributed by atoms with Gasteiger partial charge < -0.3 is 10.1 Å². The topological polar surface area (TPSA) is 58.6 Å². The molecule has 0 unspecified atom stereocenters. The number of nitrogens with zero attached hydrogens (tertiary/aromatic N) is 1. The Morgan fingerprint density at radius 1 is 1.09 bits per heavy atom. The number of para-hydroxylation sites is 2. The fourth-order valence-corrected chi connectivity index (χ4v) is 2.66. The van der Waals surface area contributed by atoms with Crippen molar-refractivity contribution in [3.05, 3.63) is 54.1 Å². The van der Waals surface area contributed by atoms with Crippen molar-refractivity contribution in [3.63, 3.8) is 0 Å². The average molecular weight is 310 g/mol. The Bertz CT molecular complexity index is 740. The Morgan fingerprint density at radius 2 is 1.78 bits per heavy atom. The average Bonchev–Trinajstić information content (AvgIpc) is 2.83. The second kappa shape index (κ2) is 6.12. The van der Waals surface area contributed by atoms with Crippen LogP contribution in [0.2, 0.25) is 0 Å². The molecule has 2 amide bonds. The van der Waals surface area contributed by atoms with Crippen LogP contribution in [0.5, 0.6) is 5.75 Å². The van der Waals surface area contributed by atoms with E-state index in [1.807, 2.05) is 31.2 Å². The fraction of sp³-hybridized carbons (Fsp3) is 0.222. The fourth-order valence-electron chi connectivity index (χ4n) is 2.66. The van der Waals surface area contributed by atoms with E-state index in [0.29, 0.717) is 11.4 Å². The highest BCUT2D eigenvalue weighted by molar-refractivity contribution is 6.23. The first kappa shape index (κ1) is 15.1. The van der Waals surface area contributed by atoms with E-state index in [2.05, 4.69) is 5.32 Å². The Kier molecular flexibility index (Phi) is 4.02. The molecule has 1 fully saturated rings. The van der Waals surface area contributed by atoms with Crippen LogP contribution in [0.1, 0.15) is 12.0 Å². The van der Waals surface area contributed by atoms with E-state index in [1.54, 1.807) is 24.3 Å². The smallest absolute Gasteiger partial charge is 0.256 e. The summed E-state index contributed by atoms with van der Waals surface area (Å²) in [5.41, 5.74) is 2.45. The highest BCUT2D eigenvalue weighted by Crippen LogP contribution is 2.32. The zero-order valence-electron chi connectivity index (χ0n) is 13.1. The van der Waals surface area contributed by atoms with Gasteiger partial charge in [-0.1, -0.05) is 29.8 Å². The van der Waals surface area contributed by atoms with Crippen molar-refractivity contribution in [2.24, 2.45) is 0 Å². The number of amides is 2. The third-order valence-corrected chi connectivity index (χ3v) is 3.87. The van der Waals surface area contributed by atoms with Gasteiger partial charge in [-0.25, -0.2) is 4.90 Å². The Labute approximate surface area is 134 Å². The van der Waals surface area contributed by atoms with Gasteiger partial charge in [-0.05, 0) is 31.2 Å². The molecule has 0 saturated carbocycles. The van der Waals surface area contributed by atoms with Crippen molar-refractivity contribution in [1.29, 1.82) is 0 Å². The van der Waals surface area contributed by atoms with Crippen LogP contribution in [0.3, 0.4) is 0 Å². The van der Waals surface area contributed by atoms with E-state index in [4.69, 9.17) is 4.74 Å². The third kappa shape index (κ3) is 2.90. The van der Waals surface area contributed by atoms with Crippen LogP contribution < -0.4 is 15.0 Å². The number of methoxy groups -OCH3 is 1. The van der Waals surface area contributed by atoms with Crippen LogP contribution in [0.25, 0.3) is 0 Å². The Balaban J connectivity index is 1.84. The summed E-state index contributed by atoms with van der Waals surface area (Å²) in [6.07, 6.45) is 0.130. The summed E-state index contributed by atoms with van der Waals surface area (Å²) in [6.45, 7) is 2.00. The lowest BCUT2D eigenvalue weighted by molar-refractivity contribution is -0.121. The maximum atomic E-state index is 12.6. The second-order valence-electron chi connectivity index (χ2n) is 5.51. The van der Waals surface area contributed by atoms with Gasteiger partial charge in [0, 0.05) is 5.69 Å². The first-order valence-corrected chi connectivity index (χ1v) is 7.43. The maximum Gasteiger partial charge on any atom is 0.256 e. The monoisotopic (exact) mass is 310 g/mol. The number of carbonyl (C=O) groups is 2. The second-order valence-corrected chi connectivity index (χ2v) is 5.51. The molecule has 1 aliphatic heterocycles. The van der Waals surface area contributed by atoms with Gasteiger partial charge in [-0.15, -0.1) is 0 Å². The molecule has 0 bridgehead atoms. The molecule has 118 valence electrons. The summed E-state index contributed by atoms with van der Waals surface area (Å²) in [5.74, 6) is 0.00868. The molecule has 5 heteroatoms. The van der Waals surface area contributed by atoms with Gasteiger partial charge in [0.1, 0.15) is 11.8 Å². The summed E-state index contributed by atoms with van der Waals surface area (Å²) >= 11 is 0. The van der Waals surface area contributed by atoms with E-state index in [-0.39, 0.29) is 18.2 Å². The van der Waals surface area contributed by atoms with Crippen LogP contribution in [0, 0.1) is 6.92 Å². The lowest BCUT2D eigenvalue weighted by atomic mass is 10.2. The highest BCUT2D eigenvalue weighted by atomic mass is 16.5. The van der Waals surface area contributed by atoms with Crippen molar-refractivity contribution in [2.45, 2.75) is 19.4 Å². The number of anilines is 2. The van der Waals surface area contributed by atoms with Crippen molar-refractivity contribution >= 4 is 23.2 Å². The van der Waals surface area contributed by atoms with Crippen LogP contribution in [0.15, 0.2) is 48.5 Å². The Morgan fingerprint density at radius 3 is 2.48 bits per heavy atom. The lowest BCUT2D eigenvalue weighted by Crippen LogP contribution is -2.35. The molecule has 1 aliphatic rings. The summed E-state index contributed by atoms with van der Waals surface area (Å²) < 4.78 is 5.25. The molecule has 1 heterocycles. The number of hydrogen-bond donors (Lipinski definition) is 1. The zero-order valence-corrected chi connectivity index (χ0v) is 13.1. The van der Waals surface area contributed by atoms with Crippen molar-refractivity contribution in [3.8, 4) is 5.75 Å². The number of aryl methyl sites for hydroxylation is 1. The molecule has 0 aromatic heterocycles. The van der Waals surface area contributed by atoms with Crippen LogP contribution in [-0.4, -0.2) is 25.0 Å². The third-order valence-electron chi connectivity index (χ3n) is 3.87. The van der Waals surface area contributed by atoms with Gasteiger partial charge in [0.25, 0.3) is 5.91 Å². The first-order chi connectivity index (χ1) is 11.1. The van der Waals surface area contributed by atoms with Crippen LogP contribution >= 0.6 is 0 Å². The predicted molar refractivity (Wildman–Crippen MR) is 88.7 cm³/mol. The first-order valence-electron chi connectivity index (χ1n) is 7.43. The van der Waals surface area contributed by atoms with E-state index in [0.717, 1.165) is 11.3 Å². The number of imide groups is 1. The minimum atomic E-state index is -0.560. The highest BCUT2D eigenvalue weighted by Gasteiger charge is 2.40. The van der Waals surface area contributed by atoms with Gasteiger partial charge in [0.15, 0.2) is 0 Å². The summed E-state index contributed by atoms with van der Waals surface area (Å²) in [5, 5.41) is 3.13. The molecular weight excluding hydrogens is 292 g/mol. The number of hydrogen-bond acceptors (Lipinski definition) is 4. The predicted octanol–water partition coefficient (Wildman–Crippen LogP) is 2.75. The van der Waals surface area contributed by atoms with Gasteiger partial charge in [-0.3, -0.25) is 9.59 Å². The largest absolute Gasteiger partial charge is 0.495 e. The van der Waals surface area contributed by atoms with Gasteiger partial charge in [-0.2, -0.15) is 0 Å². The standard InChI is InChI=1S/C18H18N2O3/c1-12-7-9-13(10-8-12)19-14-11-17(21)20(18(14)22)15-5-3-4-6-16(15)23-2/h3-10,14,19H,11H2,1-2H3/t14-/m0/s1. The number of ether oxygens (including phenoxy) is 1. The normalized spacial score (nSPS) is 17.5. The Hall–Kier alpha value is -2.82. The molecule has 1 atom stereocenters. The van der Waals surface area contributed by atoms with Crippen LogP contribution in [-0.2, 0) is 9.59 Å². The van der Waals surface area contributed by atoms with E-state index in [1.165, 1.54) is 12.0 Å². The molecule has 0 radical (unpaired) electrons.